The minimum atomic E-state index is -0.834. The molecular weight excluding hydrogens is 564 g/mol. The molecule has 0 amide bonds. The Kier molecular flexibility index (Phi) is 13.1. The first kappa shape index (κ1) is 34.0. The van der Waals surface area contributed by atoms with Gasteiger partial charge in [0.05, 0.1) is 23.3 Å². The Morgan fingerprint density at radius 1 is 0.972 bits per heavy atom. The molecule has 1 unspecified atom stereocenters. The molecule has 1 N–H and O–H groups in total. The van der Waals surface area contributed by atoms with Crippen LogP contribution >= 0.6 is 46.4 Å². The molecule has 0 spiro atoms. The third kappa shape index (κ3) is 9.04. The number of hydrogen-bond acceptors (Lipinski definition) is 8. The van der Waals surface area contributed by atoms with Gasteiger partial charge in [-0.2, -0.15) is 0 Å². The van der Waals surface area contributed by atoms with E-state index in [-0.39, 0.29) is 67.1 Å². The number of aromatic nitrogens is 2. The summed E-state index contributed by atoms with van der Waals surface area (Å²) in [6, 6.07) is 3.06. The standard InChI is InChI=1S/C11H13Cl2NO3.C11H11Cl2NO3.B.Na.H/c2*1-11(2)16-5-8(17-11)9(15)6-3-7(12)10(13)14-4-6;;;/h3-4,8-9,15H,5H2,1-2H3;3-4,8H,5H2,1-2H3;;;/q;;;+1;-1/t8-,9?;8-;;;/m00.../s1. The average molecular weight is 589 g/mol. The second-order valence-corrected chi connectivity index (χ2v) is 10.1. The van der Waals surface area contributed by atoms with E-state index in [1.54, 1.807) is 33.8 Å². The van der Waals surface area contributed by atoms with Gasteiger partial charge in [-0.15, -0.1) is 0 Å². The first-order valence-corrected chi connectivity index (χ1v) is 11.8. The van der Waals surface area contributed by atoms with Gasteiger partial charge in [0.25, 0.3) is 0 Å². The van der Waals surface area contributed by atoms with Crippen LogP contribution in [-0.4, -0.2) is 66.3 Å². The zero-order chi connectivity index (χ0) is 25.3. The van der Waals surface area contributed by atoms with Gasteiger partial charge in [-0.3, -0.25) is 4.79 Å². The van der Waals surface area contributed by atoms with Crippen molar-refractivity contribution in [2.75, 3.05) is 13.2 Å². The number of aliphatic hydroxyl groups excluding tert-OH is 1. The average Bonchev–Trinajstić information content (AvgIpc) is 3.32. The molecule has 2 aromatic rings. The maximum Gasteiger partial charge on any atom is 1.00 e. The van der Waals surface area contributed by atoms with Crippen molar-refractivity contribution in [3.8, 4) is 0 Å². The molecule has 14 heteroatoms. The number of ketones is 1. The molecule has 8 nitrogen and oxygen atoms in total. The van der Waals surface area contributed by atoms with Crippen molar-refractivity contribution in [1.82, 2.24) is 9.97 Å². The monoisotopic (exact) mass is 587 g/mol. The van der Waals surface area contributed by atoms with E-state index >= 15 is 0 Å². The summed E-state index contributed by atoms with van der Waals surface area (Å²) in [4.78, 5) is 19.8. The summed E-state index contributed by atoms with van der Waals surface area (Å²) in [6.45, 7) is 7.67. The van der Waals surface area contributed by atoms with Crippen LogP contribution < -0.4 is 29.6 Å². The Morgan fingerprint density at radius 3 is 1.97 bits per heavy atom. The number of carbonyl (C=O) groups is 1. The Balaban J connectivity index is 0.000000648. The van der Waals surface area contributed by atoms with E-state index in [1.165, 1.54) is 18.5 Å². The van der Waals surface area contributed by atoms with Gasteiger partial charge in [0.1, 0.15) is 28.6 Å². The van der Waals surface area contributed by atoms with E-state index in [4.69, 9.17) is 65.4 Å². The van der Waals surface area contributed by atoms with E-state index < -0.39 is 29.9 Å². The number of rotatable bonds is 4. The van der Waals surface area contributed by atoms with Gasteiger partial charge in [0, 0.05) is 31.9 Å². The normalized spacial score (nSPS) is 22.5. The minimum absolute atomic E-state index is 0. The summed E-state index contributed by atoms with van der Waals surface area (Å²) in [5.74, 6) is -1.61. The third-order valence-electron chi connectivity index (χ3n) is 4.92. The van der Waals surface area contributed by atoms with Crippen molar-refractivity contribution in [3.05, 3.63) is 56.0 Å². The van der Waals surface area contributed by atoms with Crippen LogP contribution in [0.5, 0.6) is 0 Å². The molecule has 3 radical (unpaired) electrons. The van der Waals surface area contributed by atoms with Crippen molar-refractivity contribution in [2.24, 2.45) is 0 Å². The molecule has 4 rings (SSSR count). The quantitative estimate of drug-likeness (QED) is 0.329. The second-order valence-electron chi connectivity index (χ2n) is 8.53. The molecule has 2 aromatic heterocycles. The Bertz CT molecular complexity index is 1070. The molecule has 0 aliphatic carbocycles. The van der Waals surface area contributed by atoms with Crippen LogP contribution in [0.1, 0.15) is 51.1 Å². The van der Waals surface area contributed by atoms with E-state index in [0.29, 0.717) is 22.8 Å². The molecule has 36 heavy (non-hydrogen) atoms. The van der Waals surface area contributed by atoms with E-state index in [1.807, 2.05) is 0 Å². The molecule has 191 valence electrons. The maximum atomic E-state index is 12.1. The maximum absolute atomic E-state index is 12.1. The second kappa shape index (κ2) is 13.9. The number of hydrogen-bond donors (Lipinski definition) is 1. The van der Waals surface area contributed by atoms with Crippen LogP contribution in [0.4, 0.5) is 0 Å². The molecule has 2 aliphatic rings. The van der Waals surface area contributed by atoms with E-state index in [9.17, 15) is 9.90 Å². The fourth-order valence-corrected chi connectivity index (χ4v) is 3.79. The predicted octanol–water partition coefficient (Wildman–Crippen LogP) is 2.03. The van der Waals surface area contributed by atoms with Gasteiger partial charge in [0.2, 0.25) is 0 Å². The summed E-state index contributed by atoms with van der Waals surface area (Å²) in [5, 5.41) is 11.1. The number of carbonyl (C=O) groups excluding carboxylic acids is 1. The number of aliphatic hydroxyl groups is 1. The molecule has 3 atom stereocenters. The fraction of sp³-hybridized carbons (Fsp3) is 0.500. The molecule has 0 bridgehead atoms. The summed E-state index contributed by atoms with van der Waals surface area (Å²) in [5.41, 5.74) is 0.927. The molecule has 4 heterocycles. The Morgan fingerprint density at radius 2 is 1.50 bits per heavy atom. The molecule has 2 saturated heterocycles. The number of nitrogens with zero attached hydrogens (tertiary/aromatic N) is 2. The van der Waals surface area contributed by atoms with Gasteiger partial charge >= 0.3 is 29.6 Å². The summed E-state index contributed by atoms with van der Waals surface area (Å²) in [7, 11) is 0. The van der Waals surface area contributed by atoms with E-state index in [0.717, 1.165) is 0 Å². The van der Waals surface area contributed by atoms with Gasteiger partial charge < -0.3 is 25.5 Å². The number of halogens is 4. The Labute approximate surface area is 255 Å². The summed E-state index contributed by atoms with van der Waals surface area (Å²) < 4.78 is 21.7. The van der Waals surface area contributed by atoms with Crippen LogP contribution in [0, 0.1) is 0 Å². The topological polar surface area (TPSA) is 100 Å². The SMILES string of the molecule is CC1(C)OC[C@@H](C(=O)c2cnc(Cl)c(Cl)c2)O1.CC1(C)OC[C@@H](C(O)c2cnc(Cl)c(Cl)c2)O1.[B].[H-].[Na+]. The third-order valence-corrected chi connectivity index (χ3v) is 6.30. The van der Waals surface area contributed by atoms with Crippen LogP contribution in [0.25, 0.3) is 0 Å². The largest absolute Gasteiger partial charge is 1.00 e. The first-order chi connectivity index (χ1) is 15.8. The molecule has 2 aliphatic heterocycles. The van der Waals surface area contributed by atoms with Crippen molar-refractivity contribution >= 4 is 60.6 Å². The first-order valence-electron chi connectivity index (χ1n) is 10.3. The summed E-state index contributed by atoms with van der Waals surface area (Å²) >= 11 is 23.0. The van der Waals surface area contributed by atoms with Crippen LogP contribution in [0.15, 0.2) is 24.5 Å². The molecule has 2 fully saturated rings. The van der Waals surface area contributed by atoms with Crippen LogP contribution in [0.2, 0.25) is 20.4 Å². The zero-order valence-corrected chi connectivity index (χ0v) is 25.5. The van der Waals surface area contributed by atoms with Crippen LogP contribution in [0.3, 0.4) is 0 Å². The van der Waals surface area contributed by atoms with Crippen molar-refractivity contribution in [2.45, 2.75) is 57.6 Å². The molecular formula is C22H25BCl4N2NaO6. The fourth-order valence-electron chi connectivity index (χ4n) is 3.24. The van der Waals surface area contributed by atoms with Gasteiger partial charge in [-0.05, 0) is 39.8 Å². The van der Waals surface area contributed by atoms with Crippen molar-refractivity contribution < 1.29 is 59.8 Å². The number of Topliss-reactive ketones (excluding diaryl/α,β-unsaturated/α-hetero) is 1. The Hall–Kier alpha value is -0.00506. The van der Waals surface area contributed by atoms with E-state index in [2.05, 4.69) is 9.97 Å². The predicted molar refractivity (Wildman–Crippen MR) is 134 cm³/mol. The number of pyridine rings is 2. The van der Waals surface area contributed by atoms with Gasteiger partial charge in [-0.1, -0.05) is 46.4 Å². The smallest absolute Gasteiger partial charge is 1.00 e. The molecule has 0 saturated carbocycles. The zero-order valence-electron chi connectivity index (χ0n) is 21.4. The van der Waals surface area contributed by atoms with Crippen molar-refractivity contribution in [3.63, 3.8) is 0 Å². The van der Waals surface area contributed by atoms with Gasteiger partial charge in [0.15, 0.2) is 17.4 Å². The van der Waals surface area contributed by atoms with Gasteiger partial charge in [-0.25, -0.2) is 9.97 Å². The summed E-state index contributed by atoms with van der Waals surface area (Å²) in [6.07, 6.45) is 0.978. The number of ether oxygens (including phenoxy) is 4. The van der Waals surface area contributed by atoms with Crippen LogP contribution in [-0.2, 0) is 18.9 Å². The van der Waals surface area contributed by atoms with Crippen molar-refractivity contribution in [1.29, 1.82) is 0 Å². The minimum Gasteiger partial charge on any atom is -1.00 e. The molecule has 0 aromatic carbocycles.